The topological polar surface area (TPSA) is 84.9 Å². The van der Waals surface area contributed by atoms with Crippen LogP contribution in [0.1, 0.15) is 31.0 Å². The Morgan fingerprint density at radius 3 is 2.44 bits per heavy atom. The van der Waals surface area contributed by atoms with Gasteiger partial charge >= 0.3 is 0 Å². The van der Waals surface area contributed by atoms with Gasteiger partial charge < -0.3 is 14.8 Å². The maximum atomic E-state index is 13.3. The largest absolute Gasteiger partial charge is 0.494 e. The fourth-order valence-corrected chi connectivity index (χ4v) is 5.46. The van der Waals surface area contributed by atoms with Crippen LogP contribution in [0, 0.1) is 0 Å². The molecule has 1 aliphatic rings. The van der Waals surface area contributed by atoms with E-state index in [1.54, 1.807) is 48.5 Å². The molecule has 0 fully saturated rings. The number of benzene rings is 3. The monoisotopic (exact) mass is 480 g/mol. The van der Waals surface area contributed by atoms with Crippen molar-refractivity contribution in [1.82, 2.24) is 5.32 Å². The van der Waals surface area contributed by atoms with Crippen molar-refractivity contribution in [3.05, 3.63) is 90.0 Å². The molecule has 1 aliphatic heterocycles. The standard InChI is InChI=1S/C26H28N2O5S/c1-3-32-22-15-13-21(14-16-22)19(2)27-26(29)25-17-28(23-11-7-8-12-24(23)33-25)34(30,31)18-20-9-5-4-6-10-20/h4-16,19,25H,3,17-18H2,1-2H3,(H,27,29)/t19-,25-/m1/s1. The number of anilines is 1. The number of nitrogens with zero attached hydrogens (tertiary/aromatic N) is 1. The maximum absolute atomic E-state index is 13.3. The van der Waals surface area contributed by atoms with E-state index in [0.29, 0.717) is 23.6 Å². The Bertz CT molecular complexity index is 1230. The fourth-order valence-electron chi connectivity index (χ4n) is 3.87. The van der Waals surface area contributed by atoms with Gasteiger partial charge in [0.25, 0.3) is 5.91 Å². The van der Waals surface area contributed by atoms with E-state index in [1.807, 2.05) is 44.2 Å². The number of sulfonamides is 1. The molecule has 1 heterocycles. The number of nitrogens with one attached hydrogen (secondary N) is 1. The molecule has 2 atom stereocenters. The van der Waals surface area contributed by atoms with Crippen LogP contribution in [-0.4, -0.2) is 33.6 Å². The predicted octanol–water partition coefficient (Wildman–Crippen LogP) is 4.06. The first-order chi connectivity index (χ1) is 16.4. The highest BCUT2D eigenvalue weighted by Gasteiger charge is 2.37. The van der Waals surface area contributed by atoms with E-state index >= 15 is 0 Å². The Hall–Kier alpha value is -3.52. The highest BCUT2D eigenvalue weighted by Crippen LogP contribution is 2.36. The second-order valence-corrected chi connectivity index (χ2v) is 9.97. The second-order valence-electron chi connectivity index (χ2n) is 8.08. The predicted molar refractivity (Wildman–Crippen MR) is 131 cm³/mol. The molecule has 1 amide bonds. The zero-order valence-electron chi connectivity index (χ0n) is 19.2. The summed E-state index contributed by atoms with van der Waals surface area (Å²) in [5, 5.41) is 2.94. The summed E-state index contributed by atoms with van der Waals surface area (Å²) in [6.45, 7) is 4.26. The first-order valence-corrected chi connectivity index (χ1v) is 12.8. The lowest BCUT2D eigenvalue weighted by Gasteiger charge is -2.35. The lowest BCUT2D eigenvalue weighted by atomic mass is 10.1. The van der Waals surface area contributed by atoms with Gasteiger partial charge in [-0.3, -0.25) is 9.10 Å². The molecule has 3 aromatic carbocycles. The molecule has 1 N–H and O–H groups in total. The average molecular weight is 481 g/mol. The van der Waals surface area contributed by atoms with E-state index in [4.69, 9.17) is 9.47 Å². The molecule has 8 heteroatoms. The van der Waals surface area contributed by atoms with Crippen LogP contribution < -0.4 is 19.1 Å². The molecule has 0 unspecified atom stereocenters. The van der Waals surface area contributed by atoms with Crippen LogP contribution in [0.4, 0.5) is 5.69 Å². The number of carbonyl (C=O) groups is 1. The highest BCUT2D eigenvalue weighted by atomic mass is 32.2. The second kappa shape index (κ2) is 10.2. The normalized spacial score (nSPS) is 16.2. The Morgan fingerprint density at radius 2 is 1.74 bits per heavy atom. The number of amides is 1. The average Bonchev–Trinajstić information content (AvgIpc) is 2.84. The van der Waals surface area contributed by atoms with E-state index in [2.05, 4.69) is 5.32 Å². The van der Waals surface area contributed by atoms with Crippen molar-refractivity contribution >= 4 is 21.6 Å². The zero-order chi connectivity index (χ0) is 24.1. The van der Waals surface area contributed by atoms with Crippen molar-refractivity contribution < 1.29 is 22.7 Å². The van der Waals surface area contributed by atoms with E-state index in [9.17, 15) is 13.2 Å². The summed E-state index contributed by atoms with van der Waals surface area (Å²) in [6.07, 6.45) is -0.981. The molecule has 4 rings (SSSR count). The van der Waals surface area contributed by atoms with Crippen LogP contribution in [0.3, 0.4) is 0 Å². The number of fused-ring (bicyclic) bond motifs is 1. The Kier molecular flexibility index (Phi) is 7.07. The quantitative estimate of drug-likeness (QED) is 0.526. The van der Waals surface area contributed by atoms with Gasteiger partial charge in [-0.15, -0.1) is 0 Å². The lowest BCUT2D eigenvalue weighted by Crippen LogP contribution is -2.51. The summed E-state index contributed by atoms with van der Waals surface area (Å²) in [5.41, 5.74) is 2.01. The van der Waals surface area contributed by atoms with E-state index in [-0.39, 0.29) is 24.2 Å². The minimum atomic E-state index is -3.75. The molecular weight excluding hydrogens is 452 g/mol. The van der Waals surface area contributed by atoms with E-state index < -0.39 is 16.1 Å². The Labute approximate surface area is 200 Å². The smallest absolute Gasteiger partial charge is 0.263 e. The summed E-state index contributed by atoms with van der Waals surface area (Å²) < 4.78 is 39.4. The first kappa shape index (κ1) is 23.6. The summed E-state index contributed by atoms with van der Waals surface area (Å²) in [6, 6.07) is 23.1. The van der Waals surface area contributed by atoms with Gasteiger partial charge in [-0.2, -0.15) is 0 Å². The van der Waals surface area contributed by atoms with Crippen molar-refractivity contribution in [2.45, 2.75) is 31.7 Å². The summed E-state index contributed by atoms with van der Waals surface area (Å²) in [5.74, 6) is 0.574. The lowest BCUT2D eigenvalue weighted by molar-refractivity contribution is -0.128. The molecule has 3 aromatic rings. The number of hydrogen-bond acceptors (Lipinski definition) is 5. The van der Waals surface area contributed by atoms with Gasteiger partial charge in [0, 0.05) is 0 Å². The van der Waals surface area contributed by atoms with Gasteiger partial charge in [0.05, 0.1) is 30.6 Å². The molecule has 178 valence electrons. The summed E-state index contributed by atoms with van der Waals surface area (Å²) in [4.78, 5) is 13.1. The molecule has 0 saturated heterocycles. The molecule has 0 aromatic heterocycles. The van der Waals surface area contributed by atoms with Gasteiger partial charge in [-0.25, -0.2) is 8.42 Å². The third kappa shape index (κ3) is 5.34. The first-order valence-electron chi connectivity index (χ1n) is 11.2. The van der Waals surface area contributed by atoms with Crippen molar-refractivity contribution in [1.29, 1.82) is 0 Å². The minimum Gasteiger partial charge on any atom is -0.494 e. The van der Waals surface area contributed by atoms with Crippen LogP contribution in [0.5, 0.6) is 11.5 Å². The molecule has 7 nitrogen and oxygen atoms in total. The van der Waals surface area contributed by atoms with Crippen molar-refractivity contribution in [3.63, 3.8) is 0 Å². The third-order valence-corrected chi connectivity index (χ3v) is 7.32. The van der Waals surface area contributed by atoms with Crippen molar-refractivity contribution in [2.75, 3.05) is 17.5 Å². The Balaban J connectivity index is 1.52. The number of hydrogen-bond donors (Lipinski definition) is 1. The van der Waals surface area contributed by atoms with Crippen LogP contribution in [0.15, 0.2) is 78.9 Å². The summed E-state index contributed by atoms with van der Waals surface area (Å²) >= 11 is 0. The Morgan fingerprint density at radius 1 is 1.06 bits per heavy atom. The fraction of sp³-hybridized carbons (Fsp3) is 0.269. The SMILES string of the molecule is CCOc1ccc([C@@H](C)NC(=O)[C@H]2CN(S(=O)(=O)Cc3ccccc3)c3ccccc3O2)cc1. The van der Waals surface area contributed by atoms with Crippen molar-refractivity contribution in [3.8, 4) is 11.5 Å². The molecule has 0 bridgehead atoms. The molecule has 0 spiro atoms. The van der Waals surface area contributed by atoms with Crippen LogP contribution in [0.25, 0.3) is 0 Å². The van der Waals surface area contributed by atoms with E-state index in [1.165, 1.54) is 4.31 Å². The van der Waals surface area contributed by atoms with Crippen LogP contribution >= 0.6 is 0 Å². The van der Waals surface area contributed by atoms with Crippen LogP contribution in [-0.2, 0) is 20.6 Å². The molecule has 0 radical (unpaired) electrons. The highest BCUT2D eigenvalue weighted by molar-refractivity contribution is 7.92. The summed E-state index contributed by atoms with van der Waals surface area (Å²) in [7, 11) is -3.75. The molecule has 0 aliphatic carbocycles. The van der Waals surface area contributed by atoms with Crippen molar-refractivity contribution in [2.24, 2.45) is 0 Å². The maximum Gasteiger partial charge on any atom is 0.263 e. The van der Waals surface area contributed by atoms with Gasteiger partial charge in [-0.05, 0) is 49.2 Å². The molecule has 34 heavy (non-hydrogen) atoms. The number of ether oxygens (including phenoxy) is 2. The molecular formula is C26H28N2O5S. The van der Waals surface area contributed by atoms with Gasteiger partial charge in [0.1, 0.15) is 11.5 Å². The van der Waals surface area contributed by atoms with Gasteiger partial charge in [0.15, 0.2) is 6.10 Å². The number of para-hydroxylation sites is 2. The minimum absolute atomic E-state index is 0.103. The number of carbonyl (C=O) groups excluding carboxylic acids is 1. The zero-order valence-corrected chi connectivity index (χ0v) is 20.0. The van der Waals surface area contributed by atoms with E-state index in [0.717, 1.165) is 11.3 Å². The molecule has 0 saturated carbocycles. The van der Waals surface area contributed by atoms with Crippen LogP contribution in [0.2, 0.25) is 0 Å². The third-order valence-electron chi connectivity index (χ3n) is 5.60. The number of rotatable bonds is 8. The van der Waals surface area contributed by atoms with Gasteiger partial charge in [0.2, 0.25) is 10.0 Å². The van der Waals surface area contributed by atoms with Gasteiger partial charge in [-0.1, -0.05) is 54.6 Å².